The third-order valence-electron chi connectivity index (χ3n) is 3.59. The average Bonchev–Trinajstić information content (AvgIpc) is 2.90. The number of benzene rings is 1. The number of hydrogen-bond donors (Lipinski definition) is 2. The van der Waals surface area contributed by atoms with Crippen molar-refractivity contribution in [3.63, 3.8) is 0 Å². The summed E-state index contributed by atoms with van der Waals surface area (Å²) >= 11 is 0. The minimum atomic E-state index is -0.666. The first kappa shape index (κ1) is 14.6. The van der Waals surface area contributed by atoms with Gasteiger partial charge in [0.1, 0.15) is 0 Å². The van der Waals surface area contributed by atoms with Crippen LogP contribution in [0.4, 0.5) is 5.69 Å². The molecule has 0 bridgehead atoms. The predicted octanol–water partition coefficient (Wildman–Crippen LogP) is 2.11. The van der Waals surface area contributed by atoms with Gasteiger partial charge in [0, 0.05) is 18.1 Å². The summed E-state index contributed by atoms with van der Waals surface area (Å²) in [4.78, 5) is 12.0. The molecule has 3 rings (SSSR count). The first-order valence-electron chi connectivity index (χ1n) is 6.38. The highest BCUT2D eigenvalue weighted by molar-refractivity contribution is 5.98. The molecule has 6 heteroatoms. The lowest BCUT2D eigenvalue weighted by molar-refractivity contribution is -0.123. The third kappa shape index (κ3) is 2.69. The van der Waals surface area contributed by atoms with Gasteiger partial charge in [-0.3, -0.25) is 4.79 Å². The van der Waals surface area contributed by atoms with Gasteiger partial charge < -0.3 is 11.1 Å². The quantitative estimate of drug-likeness (QED) is 0.910. The molecule has 0 spiro atoms. The van der Waals surface area contributed by atoms with E-state index >= 15 is 0 Å². The molecule has 1 saturated carbocycles. The fraction of sp³-hybridized carbons (Fsp3) is 0.286. The number of hydrogen-bond acceptors (Lipinski definition) is 3. The Hall–Kier alpha value is -1.85. The van der Waals surface area contributed by atoms with Gasteiger partial charge in [0.2, 0.25) is 5.91 Å². The molecule has 3 N–H and O–H groups in total. The van der Waals surface area contributed by atoms with Crippen molar-refractivity contribution < 1.29 is 4.79 Å². The third-order valence-corrected chi connectivity index (χ3v) is 3.59. The van der Waals surface area contributed by atoms with E-state index in [1.165, 1.54) is 0 Å². The van der Waals surface area contributed by atoms with Gasteiger partial charge in [-0.1, -0.05) is 0 Å². The monoisotopic (exact) mass is 292 g/mol. The summed E-state index contributed by atoms with van der Waals surface area (Å²) in [5.74, 6) is -0.0920. The molecule has 106 valence electrons. The lowest BCUT2D eigenvalue weighted by atomic mass is 9.77. The van der Waals surface area contributed by atoms with Crippen molar-refractivity contribution >= 4 is 24.0 Å². The largest absolute Gasteiger partial charge is 0.324 e. The Labute approximate surface area is 123 Å². The van der Waals surface area contributed by atoms with Crippen LogP contribution in [0.15, 0.2) is 42.7 Å². The molecular weight excluding hydrogens is 276 g/mol. The number of carbonyl (C=O) groups is 1. The molecule has 1 fully saturated rings. The Morgan fingerprint density at radius 1 is 1.30 bits per heavy atom. The highest BCUT2D eigenvalue weighted by atomic mass is 35.5. The summed E-state index contributed by atoms with van der Waals surface area (Å²) in [6.07, 6.45) is 6.16. The van der Waals surface area contributed by atoms with Crippen LogP contribution in [0.3, 0.4) is 0 Å². The second kappa shape index (κ2) is 5.64. The number of rotatable bonds is 3. The Morgan fingerprint density at radius 3 is 2.50 bits per heavy atom. The zero-order valence-electron chi connectivity index (χ0n) is 11.0. The van der Waals surface area contributed by atoms with E-state index < -0.39 is 5.54 Å². The van der Waals surface area contributed by atoms with Crippen LogP contribution in [0.25, 0.3) is 5.69 Å². The second-order valence-corrected chi connectivity index (χ2v) is 4.96. The standard InChI is InChI=1S/C14H16N4O.ClH/c15-14(7-1-8-14)13(19)17-11-3-5-12(6-4-11)18-10-2-9-16-18;/h2-6,9-10H,1,7-8,15H2,(H,17,19);1H. The smallest absolute Gasteiger partial charge is 0.244 e. The van der Waals surface area contributed by atoms with Gasteiger partial charge in [0.25, 0.3) is 0 Å². The number of carbonyl (C=O) groups excluding carboxylic acids is 1. The summed E-state index contributed by atoms with van der Waals surface area (Å²) in [7, 11) is 0. The molecule has 2 aromatic rings. The van der Waals surface area contributed by atoms with E-state index in [4.69, 9.17) is 5.73 Å². The molecule has 0 unspecified atom stereocenters. The van der Waals surface area contributed by atoms with Crippen molar-refractivity contribution in [1.82, 2.24) is 9.78 Å². The molecule has 1 aliphatic rings. The van der Waals surface area contributed by atoms with Gasteiger partial charge in [-0.15, -0.1) is 12.4 Å². The molecule has 1 aliphatic carbocycles. The number of nitrogens with one attached hydrogen (secondary N) is 1. The molecule has 0 saturated heterocycles. The molecule has 20 heavy (non-hydrogen) atoms. The Bertz CT molecular complexity index is 576. The maximum atomic E-state index is 12.0. The van der Waals surface area contributed by atoms with E-state index in [-0.39, 0.29) is 18.3 Å². The maximum absolute atomic E-state index is 12.0. The zero-order valence-corrected chi connectivity index (χ0v) is 11.8. The van der Waals surface area contributed by atoms with E-state index in [2.05, 4.69) is 10.4 Å². The molecule has 1 aromatic heterocycles. The number of nitrogens with two attached hydrogens (primary N) is 1. The van der Waals surface area contributed by atoms with Gasteiger partial charge >= 0.3 is 0 Å². The first-order valence-corrected chi connectivity index (χ1v) is 6.38. The van der Waals surface area contributed by atoms with Crippen molar-refractivity contribution in [2.45, 2.75) is 24.8 Å². The van der Waals surface area contributed by atoms with Crippen molar-refractivity contribution in [3.05, 3.63) is 42.7 Å². The lowest BCUT2D eigenvalue weighted by Crippen LogP contribution is -2.56. The molecule has 0 radical (unpaired) electrons. The van der Waals surface area contributed by atoms with Crippen molar-refractivity contribution in [3.8, 4) is 5.69 Å². The lowest BCUT2D eigenvalue weighted by Gasteiger charge is -2.36. The predicted molar refractivity (Wildman–Crippen MR) is 80.2 cm³/mol. The van der Waals surface area contributed by atoms with Crippen LogP contribution < -0.4 is 11.1 Å². The Morgan fingerprint density at radius 2 is 2.00 bits per heavy atom. The SMILES string of the molecule is Cl.NC1(C(=O)Nc2ccc(-n3cccn3)cc2)CCC1. The van der Waals surface area contributed by atoms with Gasteiger partial charge in [-0.25, -0.2) is 4.68 Å². The second-order valence-electron chi connectivity index (χ2n) is 4.96. The molecule has 1 heterocycles. The highest BCUT2D eigenvalue weighted by Gasteiger charge is 2.40. The minimum Gasteiger partial charge on any atom is -0.324 e. The number of aromatic nitrogens is 2. The van der Waals surface area contributed by atoms with Crippen molar-refractivity contribution in [2.75, 3.05) is 5.32 Å². The average molecular weight is 293 g/mol. The van der Waals surface area contributed by atoms with E-state index in [0.29, 0.717) is 0 Å². The summed E-state index contributed by atoms with van der Waals surface area (Å²) in [6.45, 7) is 0. The topological polar surface area (TPSA) is 72.9 Å². The number of amides is 1. The van der Waals surface area contributed by atoms with Crippen LogP contribution in [0.1, 0.15) is 19.3 Å². The van der Waals surface area contributed by atoms with Crippen LogP contribution in [-0.4, -0.2) is 21.2 Å². The minimum absolute atomic E-state index is 0. The van der Waals surface area contributed by atoms with Crippen molar-refractivity contribution in [1.29, 1.82) is 0 Å². The molecular formula is C14H17ClN4O. The Kier molecular flexibility index (Phi) is 4.11. The van der Waals surface area contributed by atoms with E-state index in [9.17, 15) is 4.79 Å². The molecule has 1 aromatic carbocycles. The van der Waals surface area contributed by atoms with Gasteiger partial charge in [-0.05, 0) is 49.6 Å². The molecule has 1 amide bonds. The summed E-state index contributed by atoms with van der Waals surface area (Å²) in [5.41, 5.74) is 7.02. The normalized spacial score (nSPS) is 15.8. The number of anilines is 1. The Balaban J connectivity index is 0.00000147. The first-order chi connectivity index (χ1) is 9.17. The maximum Gasteiger partial charge on any atom is 0.244 e. The van der Waals surface area contributed by atoms with Gasteiger partial charge in [-0.2, -0.15) is 5.10 Å². The molecule has 0 atom stereocenters. The summed E-state index contributed by atoms with van der Waals surface area (Å²) < 4.78 is 1.77. The molecule has 0 aliphatic heterocycles. The van der Waals surface area contributed by atoms with Crippen LogP contribution in [0, 0.1) is 0 Å². The van der Waals surface area contributed by atoms with E-state index in [1.54, 1.807) is 10.9 Å². The van der Waals surface area contributed by atoms with Crippen LogP contribution >= 0.6 is 12.4 Å². The summed E-state index contributed by atoms with van der Waals surface area (Å²) in [6, 6.07) is 9.40. The zero-order chi connectivity index (χ0) is 13.3. The number of nitrogens with zero attached hydrogens (tertiary/aromatic N) is 2. The van der Waals surface area contributed by atoms with Crippen LogP contribution in [0.5, 0.6) is 0 Å². The van der Waals surface area contributed by atoms with Gasteiger partial charge in [0.15, 0.2) is 0 Å². The van der Waals surface area contributed by atoms with Crippen molar-refractivity contribution in [2.24, 2.45) is 5.73 Å². The number of halogens is 1. The van der Waals surface area contributed by atoms with Gasteiger partial charge in [0.05, 0.1) is 11.2 Å². The van der Waals surface area contributed by atoms with Crippen LogP contribution in [0.2, 0.25) is 0 Å². The van der Waals surface area contributed by atoms with E-state index in [1.807, 2.05) is 36.5 Å². The fourth-order valence-electron chi connectivity index (χ4n) is 2.16. The van der Waals surface area contributed by atoms with E-state index in [0.717, 1.165) is 30.6 Å². The van der Waals surface area contributed by atoms with Crippen LogP contribution in [-0.2, 0) is 4.79 Å². The summed E-state index contributed by atoms with van der Waals surface area (Å²) in [5, 5.41) is 7.01. The molecule has 5 nitrogen and oxygen atoms in total. The fourth-order valence-corrected chi connectivity index (χ4v) is 2.16. The highest BCUT2D eigenvalue weighted by Crippen LogP contribution is 2.30.